The van der Waals surface area contributed by atoms with E-state index in [1.165, 1.54) is 20.1 Å². The fraction of sp³-hybridized carbons (Fsp3) is 0.545. The average molecular weight is 559 g/mol. The van der Waals surface area contributed by atoms with Gasteiger partial charge in [-0.05, 0) is 37.9 Å². The molecule has 1 saturated heterocycles. The lowest BCUT2D eigenvalue weighted by Crippen LogP contribution is -2.48. The van der Waals surface area contributed by atoms with E-state index in [0.29, 0.717) is 26.2 Å². The number of rotatable bonds is 7. The van der Waals surface area contributed by atoms with Gasteiger partial charge in [-0.3, -0.25) is 4.99 Å². The van der Waals surface area contributed by atoms with Gasteiger partial charge < -0.3 is 20.5 Å². The summed E-state index contributed by atoms with van der Waals surface area (Å²) in [7, 11) is -3.83. The zero-order valence-corrected chi connectivity index (χ0v) is 24.0. The first kappa shape index (κ1) is 27.9. The number of thiol groups is 1. The first-order chi connectivity index (χ1) is 16.5. The van der Waals surface area contributed by atoms with Crippen LogP contribution in [0.15, 0.2) is 25.6 Å². The summed E-state index contributed by atoms with van der Waals surface area (Å²) in [5.74, 6) is 0.0430. The quantitative estimate of drug-likeness (QED) is 0.234. The Bertz CT molecular complexity index is 1170. The first-order valence-corrected chi connectivity index (χ1v) is 15.0. The molecule has 1 fully saturated rings. The molecule has 9 nitrogen and oxygen atoms in total. The molecular formula is C22H34N6O3S4. The fourth-order valence-electron chi connectivity index (χ4n) is 3.75. The van der Waals surface area contributed by atoms with Gasteiger partial charge in [0.05, 0.1) is 6.04 Å². The highest BCUT2D eigenvalue weighted by Gasteiger charge is 2.32. The molecule has 0 amide bonds. The molecule has 0 radical (unpaired) electrons. The van der Waals surface area contributed by atoms with E-state index in [-0.39, 0.29) is 33.5 Å². The lowest BCUT2D eigenvalue weighted by atomic mass is 10.0. The van der Waals surface area contributed by atoms with Crippen LogP contribution in [-0.2, 0) is 10.0 Å². The Labute approximate surface area is 221 Å². The van der Waals surface area contributed by atoms with Crippen molar-refractivity contribution in [1.29, 1.82) is 0 Å². The van der Waals surface area contributed by atoms with Crippen molar-refractivity contribution in [3.8, 4) is 5.75 Å². The molecular weight excluding hydrogens is 525 g/mol. The van der Waals surface area contributed by atoms with Crippen molar-refractivity contribution in [2.75, 3.05) is 32.7 Å². The molecule has 2 aromatic rings. The number of amidine groups is 2. The molecule has 194 valence electrons. The number of likely N-dealkylation sites (N-methyl/N-ethyl adjacent to an activating group) is 1. The van der Waals surface area contributed by atoms with Crippen LogP contribution in [0.2, 0.25) is 0 Å². The number of nitrogens with two attached hydrogens (primary N) is 1. The normalized spacial score (nSPS) is 17.8. The molecule has 0 aliphatic carbocycles. The second kappa shape index (κ2) is 11.6. The highest BCUT2D eigenvalue weighted by atomic mass is 32.2. The van der Waals surface area contributed by atoms with Crippen molar-refractivity contribution < 1.29 is 13.5 Å². The number of nitrogens with zero attached hydrogens (tertiary/aromatic N) is 4. The molecule has 1 atom stereocenters. The van der Waals surface area contributed by atoms with Crippen molar-refractivity contribution in [3.05, 3.63) is 26.8 Å². The van der Waals surface area contributed by atoms with E-state index in [2.05, 4.69) is 61.2 Å². The summed E-state index contributed by atoms with van der Waals surface area (Å²) in [4.78, 5) is 13.6. The summed E-state index contributed by atoms with van der Waals surface area (Å²) in [6.45, 7) is 13.3. The first-order valence-electron chi connectivity index (χ1n) is 11.4. The third-order valence-electron chi connectivity index (χ3n) is 6.03. The van der Waals surface area contributed by atoms with Crippen LogP contribution in [0, 0.1) is 19.8 Å². The van der Waals surface area contributed by atoms with E-state index in [9.17, 15) is 13.5 Å². The summed E-state index contributed by atoms with van der Waals surface area (Å²) in [5, 5.41) is 12.2. The molecule has 0 saturated carbocycles. The summed E-state index contributed by atoms with van der Waals surface area (Å²) >= 11 is 6.78. The van der Waals surface area contributed by atoms with Crippen LogP contribution < -0.4 is 10.5 Å². The maximum atomic E-state index is 13.1. The van der Waals surface area contributed by atoms with Crippen molar-refractivity contribution >= 4 is 62.9 Å². The van der Waals surface area contributed by atoms with Crippen LogP contribution >= 0.6 is 35.5 Å². The molecule has 0 bridgehead atoms. The van der Waals surface area contributed by atoms with Crippen LogP contribution in [0.4, 0.5) is 5.69 Å². The maximum absolute atomic E-state index is 13.1. The largest absolute Gasteiger partial charge is 0.504 e. The molecule has 1 aliphatic rings. The molecule has 0 spiro atoms. The number of hydrogen-bond donors (Lipinski definition) is 4. The maximum Gasteiger partial charge on any atom is 0.256 e. The summed E-state index contributed by atoms with van der Waals surface area (Å²) < 4.78 is 30.2. The van der Waals surface area contributed by atoms with Gasteiger partial charge in [0.25, 0.3) is 10.0 Å². The number of nitrogens with one attached hydrogen (secondary N) is 1. The number of hydrogen-bond acceptors (Lipinski definition) is 9. The topological polar surface area (TPSA) is 124 Å². The number of aromatic hydroxyl groups is 1. The molecule has 35 heavy (non-hydrogen) atoms. The SMILES string of the molecule is CCN1CCN(S(=O)(=O)c2scc(N=C(N)C(=N[C@@H](c3cc(C)c(C)s3)C(C)C)NS)c2O)CC1. The zero-order chi connectivity index (χ0) is 25.9. The molecule has 3 heterocycles. The molecule has 13 heteroatoms. The third kappa shape index (κ3) is 6.20. The van der Waals surface area contributed by atoms with Gasteiger partial charge >= 0.3 is 0 Å². The van der Waals surface area contributed by atoms with Crippen LogP contribution in [0.3, 0.4) is 0 Å². The molecule has 1 aliphatic heterocycles. The van der Waals surface area contributed by atoms with Crippen LogP contribution in [0.5, 0.6) is 5.75 Å². The molecule has 4 N–H and O–H groups in total. The average Bonchev–Trinajstić information content (AvgIpc) is 3.35. The highest BCUT2D eigenvalue weighted by Crippen LogP contribution is 2.41. The second-order valence-electron chi connectivity index (χ2n) is 8.76. The Kier molecular flexibility index (Phi) is 9.27. The van der Waals surface area contributed by atoms with Gasteiger partial charge in [0, 0.05) is 41.3 Å². The van der Waals surface area contributed by atoms with E-state index in [1.807, 2.05) is 6.92 Å². The highest BCUT2D eigenvalue weighted by molar-refractivity contribution is 7.91. The van der Waals surface area contributed by atoms with Gasteiger partial charge in [-0.25, -0.2) is 13.4 Å². The van der Waals surface area contributed by atoms with Gasteiger partial charge in [0.2, 0.25) is 0 Å². The van der Waals surface area contributed by atoms with Crippen molar-refractivity contribution in [2.24, 2.45) is 21.6 Å². The Balaban J connectivity index is 1.88. The van der Waals surface area contributed by atoms with Gasteiger partial charge in [0.1, 0.15) is 5.69 Å². The smallest absolute Gasteiger partial charge is 0.256 e. The van der Waals surface area contributed by atoms with Crippen LogP contribution in [-0.4, -0.2) is 67.1 Å². The van der Waals surface area contributed by atoms with E-state index in [4.69, 9.17) is 10.7 Å². The minimum absolute atomic E-state index is 0.00394. The molecule has 2 aromatic heterocycles. The minimum atomic E-state index is -3.83. The summed E-state index contributed by atoms with van der Waals surface area (Å²) in [5.41, 5.74) is 7.51. The van der Waals surface area contributed by atoms with Gasteiger partial charge in [-0.2, -0.15) is 4.31 Å². The zero-order valence-electron chi connectivity index (χ0n) is 20.6. The van der Waals surface area contributed by atoms with Crippen molar-refractivity contribution in [1.82, 2.24) is 13.9 Å². The van der Waals surface area contributed by atoms with E-state index < -0.39 is 15.8 Å². The van der Waals surface area contributed by atoms with E-state index in [0.717, 1.165) is 22.8 Å². The van der Waals surface area contributed by atoms with Gasteiger partial charge in [-0.15, -0.1) is 22.7 Å². The van der Waals surface area contributed by atoms with Crippen LogP contribution in [0.1, 0.15) is 42.1 Å². The molecule has 0 aromatic carbocycles. The van der Waals surface area contributed by atoms with Gasteiger partial charge in [-0.1, -0.05) is 33.6 Å². The van der Waals surface area contributed by atoms with Crippen LogP contribution in [0.25, 0.3) is 0 Å². The fourth-order valence-corrected chi connectivity index (χ4v) is 7.95. The van der Waals surface area contributed by atoms with Crippen molar-refractivity contribution in [2.45, 2.75) is 44.9 Å². The van der Waals surface area contributed by atoms with Crippen molar-refractivity contribution in [3.63, 3.8) is 0 Å². The molecule has 0 unspecified atom stereocenters. The number of aliphatic imine (C=N–C) groups is 2. The lowest BCUT2D eigenvalue weighted by molar-refractivity contribution is 0.196. The van der Waals surface area contributed by atoms with E-state index >= 15 is 0 Å². The summed E-state index contributed by atoms with van der Waals surface area (Å²) in [6, 6.07) is 1.96. The number of piperazine rings is 1. The number of sulfonamides is 1. The Morgan fingerprint density at radius 3 is 2.46 bits per heavy atom. The second-order valence-corrected chi connectivity index (χ2v) is 13.3. The Morgan fingerprint density at radius 2 is 1.94 bits per heavy atom. The van der Waals surface area contributed by atoms with E-state index in [1.54, 1.807) is 11.3 Å². The number of thiophene rings is 2. The van der Waals surface area contributed by atoms with Gasteiger partial charge in [0.15, 0.2) is 21.6 Å². The predicted octanol–water partition coefficient (Wildman–Crippen LogP) is 3.68. The number of aryl methyl sites for hydroxylation is 2. The third-order valence-corrected chi connectivity index (χ3v) is 10.8. The molecule has 3 rings (SSSR count). The minimum Gasteiger partial charge on any atom is -0.504 e. The summed E-state index contributed by atoms with van der Waals surface area (Å²) in [6.07, 6.45) is 0. The Hall–Kier alpha value is -1.64. The predicted molar refractivity (Wildman–Crippen MR) is 149 cm³/mol. The monoisotopic (exact) mass is 558 g/mol. The standard InChI is InChI=1S/C22H34N6O3S4/c1-6-27-7-9-28(10-8-27)35(30,31)22-19(29)16(12-33-22)24-20(23)21(26-32)25-18(13(2)3)17-11-14(4)15(5)34-17/h11-13,18,29,32H,6-10H2,1-5H3,(H2,23,24)(H,25,26)/t18-/m1/s1. The Morgan fingerprint density at radius 1 is 1.29 bits per heavy atom. The lowest BCUT2D eigenvalue weighted by Gasteiger charge is -2.32.